The van der Waals surface area contributed by atoms with Gasteiger partial charge in [-0.05, 0) is 75.7 Å². The van der Waals surface area contributed by atoms with Crippen molar-refractivity contribution in [1.29, 1.82) is 0 Å². The summed E-state index contributed by atoms with van der Waals surface area (Å²) in [5.41, 5.74) is 9.73. The number of aliphatic imine (C=N–C) groups is 2. The van der Waals surface area contributed by atoms with Crippen LogP contribution in [0.5, 0.6) is 0 Å². The van der Waals surface area contributed by atoms with E-state index < -0.39 is 11.6 Å². The molecule has 206 valence electrons. The normalized spacial score (nSPS) is 19.4. The number of nitrogens with two attached hydrogens (primary N) is 1. The lowest BCUT2D eigenvalue weighted by Crippen LogP contribution is -2.55. The minimum Gasteiger partial charge on any atom is -0.378 e. The number of likely N-dealkylation sites (tertiary alicyclic amines) is 1. The number of nitrogens with zero attached hydrogens (tertiary/aromatic N) is 4. The van der Waals surface area contributed by atoms with E-state index in [0.29, 0.717) is 12.1 Å². The zero-order valence-electron chi connectivity index (χ0n) is 22.9. The number of nitrogens with one attached hydrogen (secondary N) is 1. The molecular weight excluding hydrogens is 486 g/mol. The topological polar surface area (TPSA) is 78.5 Å². The summed E-state index contributed by atoms with van der Waals surface area (Å²) >= 11 is 0. The number of hydrogen-bond donors (Lipinski definition) is 2. The average Bonchev–Trinajstić information content (AvgIpc) is 3.13. The predicted molar refractivity (Wildman–Crippen MR) is 152 cm³/mol. The molecule has 2 aromatic carbocycles. The molecule has 1 spiro atoms. The molecule has 0 aliphatic carbocycles. The molecular formula is C29H40F2N6O. The molecule has 0 atom stereocenters. The minimum absolute atomic E-state index is 0.0573. The van der Waals surface area contributed by atoms with Gasteiger partial charge in [-0.2, -0.15) is 0 Å². The van der Waals surface area contributed by atoms with E-state index in [1.807, 2.05) is 6.07 Å². The second-order valence-corrected chi connectivity index (χ2v) is 10.7. The molecule has 38 heavy (non-hydrogen) atoms. The molecule has 0 aromatic heterocycles. The van der Waals surface area contributed by atoms with Gasteiger partial charge in [-0.15, -0.1) is 0 Å². The van der Waals surface area contributed by atoms with Gasteiger partial charge in [0.25, 0.3) is 0 Å². The van der Waals surface area contributed by atoms with Crippen molar-refractivity contribution in [1.82, 2.24) is 4.90 Å². The summed E-state index contributed by atoms with van der Waals surface area (Å²) in [6, 6.07) is 10.4. The maximum Gasteiger partial charge on any atom is 0.221 e. The molecule has 0 radical (unpaired) electrons. The van der Waals surface area contributed by atoms with Gasteiger partial charge in [-0.25, -0.2) is 18.8 Å². The van der Waals surface area contributed by atoms with Crippen molar-refractivity contribution >= 4 is 29.4 Å². The fourth-order valence-corrected chi connectivity index (χ4v) is 5.38. The number of fused-ring (bicyclic) bond motifs is 2. The minimum atomic E-state index is -0.670. The number of guanidine groups is 1. The first-order valence-electron chi connectivity index (χ1n) is 13.6. The van der Waals surface area contributed by atoms with Gasteiger partial charge >= 0.3 is 0 Å². The summed E-state index contributed by atoms with van der Waals surface area (Å²) in [5.74, 6) is -1.28. The van der Waals surface area contributed by atoms with Crippen LogP contribution in [0.25, 0.3) is 0 Å². The number of benzene rings is 2. The van der Waals surface area contributed by atoms with Crippen LogP contribution in [0.2, 0.25) is 0 Å². The second kappa shape index (κ2) is 12.2. The van der Waals surface area contributed by atoms with E-state index in [4.69, 9.17) is 10.5 Å². The van der Waals surface area contributed by atoms with Crippen LogP contribution < -0.4 is 16.0 Å². The van der Waals surface area contributed by atoms with Gasteiger partial charge in [0.1, 0.15) is 11.6 Å². The quantitative estimate of drug-likeness (QED) is 0.401. The largest absolute Gasteiger partial charge is 0.378 e. The van der Waals surface area contributed by atoms with E-state index in [9.17, 15) is 8.78 Å². The molecule has 3 N–H and O–H groups in total. The highest BCUT2D eigenvalue weighted by Gasteiger charge is 2.46. The molecule has 0 bridgehead atoms. The Morgan fingerprint density at radius 3 is 2.37 bits per heavy atom. The first-order chi connectivity index (χ1) is 18.2. The summed E-state index contributed by atoms with van der Waals surface area (Å²) < 4.78 is 32.1. The number of hydrogen-bond acceptors (Lipinski definition) is 4. The van der Waals surface area contributed by atoms with Crippen LogP contribution in [0, 0.1) is 11.6 Å². The van der Waals surface area contributed by atoms with Crippen molar-refractivity contribution in [3.05, 3.63) is 53.6 Å². The highest BCUT2D eigenvalue weighted by Crippen LogP contribution is 2.49. The lowest BCUT2D eigenvalue weighted by molar-refractivity contribution is -0.0752. The Morgan fingerprint density at radius 1 is 1.13 bits per heavy atom. The Hall–Kier alpha value is -3.04. The summed E-state index contributed by atoms with van der Waals surface area (Å²) in [6.45, 7) is 13.6. The standard InChI is InChI=1S/C26H32F2N6O.C3H8/c1-17(2)34-15-26(5-7-33(8-6-26)22-13-35-14-22)23-12-20(3-4-24(23)34)32-25(29)31-16-30-21-10-18(27)9-19(28)11-21;1-3-2/h3-4,9-12,16-17,22H,5-8,13-15H2,1-2H3,(H3,29,30,31,32);3H2,1-2H3. The third-order valence-corrected chi connectivity index (χ3v) is 7.38. The Morgan fingerprint density at radius 2 is 1.79 bits per heavy atom. The Bertz CT molecular complexity index is 1140. The zero-order valence-corrected chi connectivity index (χ0v) is 22.9. The van der Waals surface area contributed by atoms with Crippen LogP contribution in [-0.2, 0) is 10.2 Å². The predicted octanol–water partition coefficient (Wildman–Crippen LogP) is 5.43. The summed E-state index contributed by atoms with van der Waals surface area (Å²) in [5, 5.41) is 2.72. The molecule has 3 aliphatic heterocycles. The zero-order chi connectivity index (χ0) is 27.3. The Balaban J connectivity index is 0.00000107. The SMILES string of the molecule is CC(C)N1CC2(CCN(C3COC3)CC2)c2cc(N=C(N)/N=C\Nc3cc(F)cc(F)c3)ccc21.CCC. The molecule has 0 saturated carbocycles. The van der Waals surface area contributed by atoms with Crippen LogP contribution in [-0.4, -0.2) is 62.1 Å². The smallest absolute Gasteiger partial charge is 0.221 e. The molecule has 2 aromatic rings. The molecule has 0 unspecified atom stereocenters. The van der Waals surface area contributed by atoms with Gasteiger partial charge in [-0.3, -0.25) is 4.90 Å². The average molecular weight is 527 g/mol. The number of anilines is 2. The van der Waals surface area contributed by atoms with Crippen molar-refractivity contribution < 1.29 is 13.5 Å². The molecule has 9 heteroatoms. The van der Waals surface area contributed by atoms with Gasteiger partial charge in [0.05, 0.1) is 31.3 Å². The molecule has 3 aliphatic rings. The van der Waals surface area contributed by atoms with Crippen molar-refractivity contribution in [3.63, 3.8) is 0 Å². The third-order valence-electron chi connectivity index (χ3n) is 7.38. The van der Waals surface area contributed by atoms with E-state index in [2.05, 4.69) is 64.9 Å². The monoisotopic (exact) mass is 526 g/mol. The first-order valence-corrected chi connectivity index (χ1v) is 13.6. The van der Waals surface area contributed by atoms with Crippen molar-refractivity contribution in [2.45, 2.75) is 64.5 Å². The van der Waals surface area contributed by atoms with E-state index in [-0.39, 0.29) is 17.1 Å². The second-order valence-electron chi connectivity index (χ2n) is 10.7. The van der Waals surface area contributed by atoms with E-state index in [0.717, 1.165) is 57.4 Å². The summed E-state index contributed by atoms with van der Waals surface area (Å²) in [4.78, 5) is 13.6. The highest BCUT2D eigenvalue weighted by molar-refractivity contribution is 5.91. The third kappa shape index (κ3) is 6.32. The molecule has 2 fully saturated rings. The first kappa shape index (κ1) is 28.0. The van der Waals surface area contributed by atoms with Gasteiger partial charge < -0.3 is 20.7 Å². The molecule has 7 nitrogen and oxygen atoms in total. The molecule has 3 heterocycles. The number of rotatable bonds is 5. The number of halogens is 2. The van der Waals surface area contributed by atoms with Crippen LogP contribution in [0.4, 0.5) is 25.8 Å². The fourth-order valence-electron chi connectivity index (χ4n) is 5.38. The van der Waals surface area contributed by atoms with Crippen LogP contribution in [0.15, 0.2) is 46.4 Å². The molecule has 2 saturated heterocycles. The van der Waals surface area contributed by atoms with Crippen LogP contribution in [0.1, 0.15) is 52.5 Å². The van der Waals surface area contributed by atoms with E-state index in [1.165, 1.54) is 36.1 Å². The summed E-state index contributed by atoms with van der Waals surface area (Å²) in [7, 11) is 0. The Kier molecular flexibility index (Phi) is 8.99. The fraction of sp³-hybridized carbons (Fsp3) is 0.517. The van der Waals surface area contributed by atoms with Gasteiger partial charge in [-0.1, -0.05) is 20.3 Å². The van der Waals surface area contributed by atoms with Crippen molar-refractivity contribution in [2.75, 3.05) is 43.1 Å². The Labute approximate surface area is 224 Å². The maximum absolute atomic E-state index is 13.3. The maximum atomic E-state index is 13.3. The number of ether oxygens (including phenoxy) is 1. The van der Waals surface area contributed by atoms with E-state index >= 15 is 0 Å². The van der Waals surface area contributed by atoms with Gasteiger partial charge in [0.15, 0.2) is 0 Å². The number of piperidine rings is 1. The lowest BCUT2D eigenvalue weighted by Gasteiger charge is -2.45. The summed E-state index contributed by atoms with van der Waals surface area (Å²) in [6.07, 6.45) is 4.74. The molecule has 0 amide bonds. The van der Waals surface area contributed by atoms with Crippen LogP contribution in [0.3, 0.4) is 0 Å². The lowest BCUT2D eigenvalue weighted by atomic mass is 9.74. The molecule has 5 rings (SSSR count). The highest BCUT2D eigenvalue weighted by atomic mass is 19.1. The van der Waals surface area contributed by atoms with Crippen molar-refractivity contribution in [3.8, 4) is 0 Å². The van der Waals surface area contributed by atoms with Gasteiger partial charge in [0, 0.05) is 35.4 Å². The van der Waals surface area contributed by atoms with Gasteiger partial charge in [0.2, 0.25) is 5.96 Å². The van der Waals surface area contributed by atoms with E-state index in [1.54, 1.807) is 0 Å². The van der Waals surface area contributed by atoms with Crippen molar-refractivity contribution in [2.24, 2.45) is 15.7 Å². The van der Waals surface area contributed by atoms with Crippen LogP contribution >= 0.6 is 0 Å².